The summed E-state index contributed by atoms with van der Waals surface area (Å²) in [5.41, 5.74) is 0.877. The number of benzene rings is 1. The van der Waals surface area contributed by atoms with Crippen molar-refractivity contribution in [3.8, 4) is 5.75 Å². The number of aromatic nitrogens is 2. The highest BCUT2D eigenvalue weighted by Gasteiger charge is 2.12. The molecule has 1 unspecified atom stereocenters. The van der Waals surface area contributed by atoms with Crippen molar-refractivity contribution in [2.45, 2.75) is 6.23 Å². The van der Waals surface area contributed by atoms with Crippen molar-refractivity contribution in [3.05, 3.63) is 48.0 Å². The average Bonchev–Trinajstić information content (AvgIpc) is 2.80. The van der Waals surface area contributed by atoms with Gasteiger partial charge in [-0.05, 0) is 30.3 Å². The average molecular weight is 291 g/mol. The number of thiazole rings is 1. The first kappa shape index (κ1) is 12.8. The molecule has 2 heterocycles. The van der Waals surface area contributed by atoms with Crippen molar-refractivity contribution in [1.82, 2.24) is 9.97 Å². The summed E-state index contributed by atoms with van der Waals surface area (Å²) >= 11 is 1.27. The van der Waals surface area contributed by atoms with Gasteiger partial charge in [0.25, 0.3) is 0 Å². The van der Waals surface area contributed by atoms with E-state index >= 15 is 0 Å². The molecule has 2 aromatic heterocycles. The molecule has 1 aromatic carbocycles. The third-order valence-corrected chi connectivity index (χ3v) is 3.60. The number of aliphatic hydroxyl groups is 1. The van der Waals surface area contributed by atoms with Crippen LogP contribution in [0.15, 0.2) is 36.5 Å². The molecule has 3 rings (SSSR count). The fourth-order valence-corrected chi connectivity index (χ4v) is 2.66. The molecule has 1 atom stereocenters. The molecule has 3 aromatic rings. The third-order valence-electron chi connectivity index (χ3n) is 2.66. The molecule has 0 aliphatic rings. The van der Waals surface area contributed by atoms with E-state index in [4.69, 9.17) is 0 Å². The molecule has 0 aliphatic carbocycles. The SMILES string of the molecule is Oc1ccc2nc(NC(O)c3cc(F)ccn3)sc2c1. The molecule has 5 nitrogen and oxygen atoms in total. The minimum absolute atomic E-state index is 0.153. The van der Waals surface area contributed by atoms with Crippen LogP contribution in [-0.2, 0) is 0 Å². The Labute approximate surface area is 117 Å². The second kappa shape index (κ2) is 5.03. The number of hydrogen-bond donors (Lipinski definition) is 3. The zero-order valence-electron chi connectivity index (χ0n) is 10.1. The maximum absolute atomic E-state index is 13.1. The number of pyridine rings is 1. The number of aliphatic hydroxyl groups excluding tert-OH is 1. The Morgan fingerprint density at radius 1 is 1.25 bits per heavy atom. The second-order valence-electron chi connectivity index (χ2n) is 4.12. The van der Waals surface area contributed by atoms with E-state index in [1.54, 1.807) is 12.1 Å². The van der Waals surface area contributed by atoms with E-state index in [1.165, 1.54) is 29.7 Å². The van der Waals surface area contributed by atoms with Crippen molar-refractivity contribution in [2.24, 2.45) is 0 Å². The van der Waals surface area contributed by atoms with Crippen LogP contribution in [0.5, 0.6) is 5.75 Å². The van der Waals surface area contributed by atoms with Crippen molar-refractivity contribution in [1.29, 1.82) is 0 Å². The van der Waals surface area contributed by atoms with Crippen LogP contribution in [0.3, 0.4) is 0 Å². The lowest BCUT2D eigenvalue weighted by molar-refractivity contribution is 0.202. The van der Waals surface area contributed by atoms with Crippen molar-refractivity contribution < 1.29 is 14.6 Å². The zero-order valence-corrected chi connectivity index (χ0v) is 10.9. The highest BCUT2D eigenvalue weighted by atomic mass is 32.1. The van der Waals surface area contributed by atoms with E-state index in [1.807, 2.05) is 0 Å². The van der Waals surface area contributed by atoms with Crippen molar-refractivity contribution in [2.75, 3.05) is 5.32 Å². The standard InChI is InChI=1S/C13H10FN3O2S/c14-7-3-4-15-10(5-7)12(19)17-13-16-9-2-1-8(18)6-11(9)20-13/h1-6,12,18-19H,(H,16,17). The van der Waals surface area contributed by atoms with Crippen LogP contribution in [0.1, 0.15) is 11.9 Å². The minimum atomic E-state index is -1.15. The Kier molecular flexibility index (Phi) is 3.21. The number of hydrogen-bond acceptors (Lipinski definition) is 6. The van der Waals surface area contributed by atoms with Gasteiger partial charge in [0.1, 0.15) is 11.6 Å². The molecule has 0 aliphatic heterocycles. The largest absolute Gasteiger partial charge is 0.508 e. The molecule has 0 fully saturated rings. The first-order chi connectivity index (χ1) is 9.61. The molecule has 0 spiro atoms. The number of phenolic OH excluding ortho intramolecular Hbond substituents is 1. The van der Waals surface area contributed by atoms with Gasteiger partial charge in [-0.1, -0.05) is 11.3 Å². The summed E-state index contributed by atoms with van der Waals surface area (Å²) in [6.45, 7) is 0. The quantitative estimate of drug-likeness (QED) is 0.647. The number of rotatable bonds is 3. The van der Waals surface area contributed by atoms with Crippen LogP contribution in [0.2, 0.25) is 0 Å². The number of anilines is 1. The second-order valence-corrected chi connectivity index (χ2v) is 5.15. The van der Waals surface area contributed by atoms with Gasteiger partial charge >= 0.3 is 0 Å². The van der Waals surface area contributed by atoms with Gasteiger partial charge in [-0.2, -0.15) is 0 Å². The van der Waals surface area contributed by atoms with Crippen LogP contribution >= 0.6 is 11.3 Å². The molecule has 0 radical (unpaired) electrons. The molecule has 20 heavy (non-hydrogen) atoms. The monoisotopic (exact) mass is 291 g/mol. The van der Waals surface area contributed by atoms with Gasteiger partial charge < -0.3 is 15.5 Å². The Morgan fingerprint density at radius 2 is 2.10 bits per heavy atom. The molecular weight excluding hydrogens is 281 g/mol. The minimum Gasteiger partial charge on any atom is -0.508 e. The van der Waals surface area contributed by atoms with E-state index < -0.39 is 12.0 Å². The van der Waals surface area contributed by atoms with Gasteiger partial charge in [-0.25, -0.2) is 9.37 Å². The van der Waals surface area contributed by atoms with E-state index in [2.05, 4.69) is 15.3 Å². The molecule has 102 valence electrons. The molecule has 0 bridgehead atoms. The van der Waals surface area contributed by atoms with Gasteiger partial charge in [0, 0.05) is 6.20 Å². The molecule has 0 saturated carbocycles. The lowest BCUT2D eigenvalue weighted by Gasteiger charge is -2.10. The van der Waals surface area contributed by atoms with Gasteiger partial charge in [0.15, 0.2) is 11.4 Å². The number of nitrogens with one attached hydrogen (secondary N) is 1. The smallest absolute Gasteiger partial charge is 0.186 e. The highest BCUT2D eigenvalue weighted by molar-refractivity contribution is 7.22. The first-order valence-corrected chi connectivity index (χ1v) is 6.59. The Morgan fingerprint density at radius 3 is 2.90 bits per heavy atom. The van der Waals surface area contributed by atoms with Crippen LogP contribution in [0.25, 0.3) is 10.2 Å². The fraction of sp³-hybridized carbons (Fsp3) is 0.0769. The zero-order chi connectivity index (χ0) is 14.1. The van der Waals surface area contributed by atoms with Crippen LogP contribution < -0.4 is 5.32 Å². The molecule has 0 saturated heterocycles. The molecular formula is C13H10FN3O2S. The van der Waals surface area contributed by atoms with Gasteiger partial charge in [-0.3, -0.25) is 4.98 Å². The Balaban J connectivity index is 1.85. The molecule has 3 N–H and O–H groups in total. The van der Waals surface area contributed by atoms with E-state index in [0.717, 1.165) is 10.8 Å². The number of phenols is 1. The van der Waals surface area contributed by atoms with E-state index in [-0.39, 0.29) is 11.4 Å². The lowest BCUT2D eigenvalue weighted by atomic mass is 10.3. The van der Waals surface area contributed by atoms with Gasteiger partial charge in [0.05, 0.1) is 15.9 Å². The molecule has 7 heteroatoms. The Bertz CT molecular complexity index is 762. The maximum Gasteiger partial charge on any atom is 0.186 e. The number of halogens is 1. The van der Waals surface area contributed by atoms with Crippen LogP contribution in [0, 0.1) is 5.82 Å². The molecule has 0 amide bonds. The summed E-state index contributed by atoms with van der Waals surface area (Å²) in [5.74, 6) is -0.315. The van der Waals surface area contributed by atoms with E-state index in [0.29, 0.717) is 10.6 Å². The summed E-state index contributed by atoms with van der Waals surface area (Å²) in [7, 11) is 0. The predicted octanol–water partition coefficient (Wildman–Crippen LogP) is 2.64. The van der Waals surface area contributed by atoms with Crippen molar-refractivity contribution in [3.63, 3.8) is 0 Å². The highest BCUT2D eigenvalue weighted by Crippen LogP contribution is 2.30. The Hall–Kier alpha value is -2.25. The summed E-state index contributed by atoms with van der Waals surface area (Å²) < 4.78 is 13.8. The summed E-state index contributed by atoms with van der Waals surface area (Å²) in [6, 6.07) is 7.16. The predicted molar refractivity (Wildman–Crippen MR) is 74.1 cm³/mol. The fourth-order valence-electron chi connectivity index (χ4n) is 1.74. The maximum atomic E-state index is 13.1. The van der Waals surface area contributed by atoms with Crippen LogP contribution in [-0.4, -0.2) is 20.2 Å². The number of fused-ring (bicyclic) bond motifs is 1. The van der Waals surface area contributed by atoms with E-state index in [9.17, 15) is 14.6 Å². The summed E-state index contributed by atoms with van der Waals surface area (Å²) in [6.07, 6.45) is 0.131. The van der Waals surface area contributed by atoms with Gasteiger partial charge in [-0.15, -0.1) is 0 Å². The summed E-state index contributed by atoms with van der Waals surface area (Å²) in [5, 5.41) is 22.6. The topological polar surface area (TPSA) is 78.3 Å². The lowest BCUT2D eigenvalue weighted by Crippen LogP contribution is -2.11. The summed E-state index contributed by atoms with van der Waals surface area (Å²) in [4.78, 5) is 8.14. The third kappa shape index (κ3) is 2.54. The number of nitrogens with zero attached hydrogens (tertiary/aromatic N) is 2. The van der Waals surface area contributed by atoms with Crippen molar-refractivity contribution >= 4 is 26.7 Å². The first-order valence-electron chi connectivity index (χ1n) is 5.77. The van der Waals surface area contributed by atoms with Gasteiger partial charge in [0.2, 0.25) is 0 Å². The van der Waals surface area contributed by atoms with Crippen LogP contribution in [0.4, 0.5) is 9.52 Å². The number of aromatic hydroxyl groups is 1. The normalized spacial score (nSPS) is 12.5.